The third-order valence-electron chi connectivity index (χ3n) is 5.17. The summed E-state index contributed by atoms with van der Waals surface area (Å²) in [5, 5.41) is 2.80. The number of benzene rings is 3. The van der Waals surface area contributed by atoms with Gasteiger partial charge in [0, 0.05) is 18.2 Å². The molecule has 1 aliphatic rings. The summed E-state index contributed by atoms with van der Waals surface area (Å²) in [4.78, 5) is 43.8. The van der Waals surface area contributed by atoms with Gasteiger partial charge in [-0.3, -0.25) is 19.3 Å². The van der Waals surface area contributed by atoms with Crippen molar-refractivity contribution in [2.24, 2.45) is 0 Å². The van der Waals surface area contributed by atoms with Gasteiger partial charge in [-0.05, 0) is 42.0 Å². The summed E-state index contributed by atoms with van der Waals surface area (Å²) < 4.78 is 5.44. The quantitative estimate of drug-likeness (QED) is 0.509. The number of anilines is 1. The number of amides is 3. The fourth-order valence-corrected chi connectivity index (χ4v) is 3.67. The van der Waals surface area contributed by atoms with E-state index in [9.17, 15) is 14.4 Å². The van der Waals surface area contributed by atoms with E-state index in [0.717, 1.165) is 5.56 Å². The standard InChI is InChI=1S/C24H17N3O4/c1-14-25-20-12-17(8-10-21(20)31-14)26-22(28)16-7-9-18-19(11-16)24(30)27(23(18)29)13-15-5-3-2-4-6-15/h2-12H,13H2,1H3,(H,26,28). The molecule has 152 valence electrons. The van der Waals surface area contributed by atoms with Crippen molar-refractivity contribution in [2.75, 3.05) is 5.32 Å². The van der Waals surface area contributed by atoms with Gasteiger partial charge in [0.15, 0.2) is 11.5 Å². The highest BCUT2D eigenvalue weighted by molar-refractivity contribution is 6.22. The summed E-state index contributed by atoms with van der Waals surface area (Å²) in [5.74, 6) is -0.606. The Morgan fingerprint density at radius 2 is 1.74 bits per heavy atom. The van der Waals surface area contributed by atoms with Crippen LogP contribution in [0.1, 0.15) is 42.5 Å². The van der Waals surface area contributed by atoms with E-state index < -0.39 is 5.91 Å². The maximum absolute atomic E-state index is 12.8. The zero-order chi connectivity index (χ0) is 21.5. The van der Waals surface area contributed by atoms with Crippen LogP contribution >= 0.6 is 0 Å². The number of hydrogen-bond acceptors (Lipinski definition) is 5. The Bertz CT molecular complexity index is 1360. The minimum atomic E-state index is -0.405. The molecule has 0 saturated carbocycles. The minimum absolute atomic E-state index is 0.186. The lowest BCUT2D eigenvalue weighted by atomic mass is 10.1. The lowest BCUT2D eigenvalue weighted by Gasteiger charge is -2.13. The average Bonchev–Trinajstić information content (AvgIpc) is 3.26. The molecule has 3 aromatic carbocycles. The first-order chi connectivity index (χ1) is 15.0. The Hall–Kier alpha value is -4.26. The number of rotatable bonds is 4. The van der Waals surface area contributed by atoms with E-state index in [1.165, 1.54) is 17.0 Å². The number of aromatic nitrogens is 1. The largest absolute Gasteiger partial charge is 0.441 e. The van der Waals surface area contributed by atoms with E-state index in [2.05, 4.69) is 10.3 Å². The molecule has 0 fully saturated rings. The van der Waals surface area contributed by atoms with Crippen molar-refractivity contribution in [3.63, 3.8) is 0 Å². The van der Waals surface area contributed by atoms with E-state index in [4.69, 9.17) is 4.42 Å². The number of oxazole rings is 1. The van der Waals surface area contributed by atoms with Crippen LogP contribution in [0.5, 0.6) is 0 Å². The Labute approximate surface area is 177 Å². The van der Waals surface area contributed by atoms with Gasteiger partial charge >= 0.3 is 0 Å². The van der Waals surface area contributed by atoms with Crippen molar-refractivity contribution >= 4 is 34.5 Å². The highest BCUT2D eigenvalue weighted by atomic mass is 16.3. The molecule has 1 N–H and O–H groups in total. The van der Waals surface area contributed by atoms with Gasteiger partial charge in [-0.1, -0.05) is 30.3 Å². The Kier molecular flexibility index (Phi) is 4.36. The fourth-order valence-electron chi connectivity index (χ4n) is 3.67. The van der Waals surface area contributed by atoms with Gasteiger partial charge in [-0.25, -0.2) is 4.98 Å². The van der Waals surface area contributed by atoms with Crippen LogP contribution in [0, 0.1) is 6.92 Å². The molecule has 0 bridgehead atoms. The predicted molar refractivity (Wildman–Crippen MR) is 114 cm³/mol. The summed E-state index contributed by atoms with van der Waals surface area (Å²) in [6, 6.07) is 19.0. The Morgan fingerprint density at radius 1 is 0.968 bits per heavy atom. The van der Waals surface area contributed by atoms with E-state index in [1.807, 2.05) is 30.3 Å². The van der Waals surface area contributed by atoms with Crippen molar-refractivity contribution < 1.29 is 18.8 Å². The van der Waals surface area contributed by atoms with Gasteiger partial charge < -0.3 is 9.73 Å². The van der Waals surface area contributed by atoms with Crippen molar-refractivity contribution in [2.45, 2.75) is 13.5 Å². The molecule has 5 rings (SSSR count). The molecule has 7 nitrogen and oxygen atoms in total. The maximum Gasteiger partial charge on any atom is 0.261 e. The zero-order valence-corrected chi connectivity index (χ0v) is 16.6. The van der Waals surface area contributed by atoms with Crippen LogP contribution in [0.25, 0.3) is 11.1 Å². The van der Waals surface area contributed by atoms with Crippen LogP contribution in [0.3, 0.4) is 0 Å². The number of nitrogens with one attached hydrogen (secondary N) is 1. The normalized spacial score (nSPS) is 13.0. The van der Waals surface area contributed by atoms with Crippen LogP contribution < -0.4 is 5.32 Å². The van der Waals surface area contributed by atoms with E-state index in [1.54, 1.807) is 31.2 Å². The summed E-state index contributed by atoms with van der Waals surface area (Å²) in [7, 11) is 0. The Balaban J connectivity index is 1.38. The van der Waals surface area contributed by atoms with Crippen LogP contribution in [0.2, 0.25) is 0 Å². The summed E-state index contributed by atoms with van der Waals surface area (Å²) in [6.45, 7) is 1.94. The highest BCUT2D eigenvalue weighted by Crippen LogP contribution is 2.26. The topological polar surface area (TPSA) is 92.5 Å². The lowest BCUT2D eigenvalue weighted by molar-refractivity contribution is 0.0642. The third-order valence-corrected chi connectivity index (χ3v) is 5.17. The smallest absolute Gasteiger partial charge is 0.261 e. The first-order valence-corrected chi connectivity index (χ1v) is 9.72. The zero-order valence-electron chi connectivity index (χ0n) is 16.6. The van der Waals surface area contributed by atoms with Crippen LogP contribution in [0.4, 0.5) is 5.69 Å². The second kappa shape index (κ2) is 7.21. The number of fused-ring (bicyclic) bond motifs is 2. The second-order valence-electron chi connectivity index (χ2n) is 7.31. The fraction of sp³-hybridized carbons (Fsp3) is 0.0833. The SMILES string of the molecule is Cc1nc2cc(NC(=O)c3ccc4c(c3)C(=O)N(Cc3ccccc3)C4=O)ccc2o1. The average molecular weight is 411 g/mol. The molecule has 0 atom stereocenters. The van der Waals surface area contributed by atoms with Crippen LogP contribution in [0.15, 0.2) is 71.1 Å². The monoisotopic (exact) mass is 411 g/mol. The maximum atomic E-state index is 12.8. The molecule has 0 unspecified atom stereocenters. The minimum Gasteiger partial charge on any atom is -0.441 e. The molecule has 0 spiro atoms. The van der Waals surface area contributed by atoms with Gasteiger partial charge in [0.1, 0.15) is 5.52 Å². The summed E-state index contributed by atoms with van der Waals surface area (Å²) in [5.41, 5.74) is 3.51. The number of hydrogen-bond donors (Lipinski definition) is 1. The van der Waals surface area contributed by atoms with E-state index >= 15 is 0 Å². The van der Waals surface area contributed by atoms with Gasteiger partial charge in [-0.2, -0.15) is 0 Å². The molecule has 4 aromatic rings. The summed E-state index contributed by atoms with van der Waals surface area (Å²) >= 11 is 0. The van der Waals surface area contributed by atoms with Crippen molar-refractivity contribution in [1.29, 1.82) is 0 Å². The molecular weight excluding hydrogens is 394 g/mol. The number of imide groups is 1. The first-order valence-electron chi connectivity index (χ1n) is 9.72. The molecule has 1 aliphatic heterocycles. The van der Waals surface area contributed by atoms with Crippen LogP contribution in [-0.2, 0) is 6.54 Å². The summed E-state index contributed by atoms with van der Waals surface area (Å²) in [6.07, 6.45) is 0. The van der Waals surface area contributed by atoms with Crippen LogP contribution in [-0.4, -0.2) is 27.6 Å². The Morgan fingerprint density at radius 3 is 2.55 bits per heavy atom. The number of carbonyl (C=O) groups excluding carboxylic acids is 3. The van der Waals surface area contributed by atoms with E-state index in [-0.39, 0.29) is 29.5 Å². The molecule has 0 saturated heterocycles. The predicted octanol–water partition coefficient (Wildman–Crippen LogP) is 4.18. The van der Waals surface area contributed by atoms with Gasteiger partial charge in [0.2, 0.25) is 0 Å². The molecule has 31 heavy (non-hydrogen) atoms. The van der Waals surface area contributed by atoms with Crippen molar-refractivity contribution in [3.8, 4) is 0 Å². The van der Waals surface area contributed by atoms with Gasteiger partial charge in [0.05, 0.1) is 17.7 Å². The molecule has 2 heterocycles. The molecule has 1 aromatic heterocycles. The first kappa shape index (κ1) is 18.7. The number of aryl methyl sites for hydroxylation is 1. The van der Waals surface area contributed by atoms with Crippen molar-refractivity contribution in [1.82, 2.24) is 9.88 Å². The second-order valence-corrected chi connectivity index (χ2v) is 7.31. The molecular formula is C24H17N3O4. The van der Waals surface area contributed by atoms with Gasteiger partial charge in [-0.15, -0.1) is 0 Å². The lowest BCUT2D eigenvalue weighted by Crippen LogP contribution is -2.29. The van der Waals surface area contributed by atoms with Crippen molar-refractivity contribution in [3.05, 3.63) is 94.9 Å². The highest BCUT2D eigenvalue weighted by Gasteiger charge is 2.36. The molecule has 0 aliphatic carbocycles. The third kappa shape index (κ3) is 3.36. The molecule has 0 radical (unpaired) electrons. The number of carbonyl (C=O) groups is 3. The number of nitrogens with zero attached hydrogens (tertiary/aromatic N) is 2. The molecule has 7 heteroatoms. The molecule has 3 amide bonds. The van der Waals surface area contributed by atoms with Gasteiger partial charge in [0.25, 0.3) is 17.7 Å². The van der Waals surface area contributed by atoms with E-state index in [0.29, 0.717) is 28.2 Å².